The molecule has 0 heterocycles. The summed E-state index contributed by atoms with van der Waals surface area (Å²) in [5, 5.41) is 3.33. The highest BCUT2D eigenvalue weighted by atomic mass is 15.2. The molecule has 0 bridgehead atoms. The first-order chi connectivity index (χ1) is 8.00. The molecule has 1 aliphatic rings. The van der Waals surface area contributed by atoms with E-state index in [0.29, 0.717) is 5.54 Å². The van der Waals surface area contributed by atoms with Crippen LogP contribution in [0.4, 0.5) is 0 Å². The third-order valence-electron chi connectivity index (χ3n) is 3.92. The van der Waals surface area contributed by atoms with E-state index in [1.165, 1.54) is 24.8 Å². The smallest absolute Gasteiger partial charge is 0.0330 e. The molecule has 17 heavy (non-hydrogen) atoms. The highest BCUT2D eigenvalue weighted by Gasteiger charge is 2.39. The Labute approximate surface area is 107 Å². The lowest BCUT2D eigenvalue weighted by Crippen LogP contribution is -2.56. The first-order valence-corrected chi connectivity index (χ1v) is 6.73. The zero-order valence-electron chi connectivity index (χ0n) is 12.1. The van der Waals surface area contributed by atoms with E-state index in [9.17, 15) is 0 Å². The van der Waals surface area contributed by atoms with Crippen molar-refractivity contribution in [1.82, 2.24) is 15.1 Å². The minimum absolute atomic E-state index is 0.424. The van der Waals surface area contributed by atoms with Crippen LogP contribution in [0.5, 0.6) is 0 Å². The van der Waals surface area contributed by atoms with Crippen molar-refractivity contribution in [3.8, 4) is 0 Å². The molecule has 0 aromatic carbocycles. The van der Waals surface area contributed by atoms with Crippen molar-refractivity contribution in [2.24, 2.45) is 0 Å². The maximum atomic E-state index is 4.13. The summed E-state index contributed by atoms with van der Waals surface area (Å²) in [6.07, 6.45) is 4.05. The van der Waals surface area contributed by atoms with E-state index in [-0.39, 0.29) is 0 Å². The lowest BCUT2D eigenvalue weighted by Gasteiger charge is -2.49. The molecule has 0 spiro atoms. The summed E-state index contributed by atoms with van der Waals surface area (Å²) in [6.45, 7) is 10.4. The number of nitrogens with one attached hydrogen (secondary N) is 1. The second kappa shape index (κ2) is 6.53. The van der Waals surface area contributed by atoms with Crippen LogP contribution in [0, 0.1) is 0 Å². The summed E-state index contributed by atoms with van der Waals surface area (Å²) < 4.78 is 0. The lowest BCUT2D eigenvalue weighted by molar-refractivity contribution is 0.0301. The van der Waals surface area contributed by atoms with Gasteiger partial charge in [-0.3, -0.25) is 0 Å². The molecule has 3 heteroatoms. The van der Waals surface area contributed by atoms with Gasteiger partial charge in [-0.25, -0.2) is 0 Å². The largest absolute Gasteiger partial charge is 0.313 e. The monoisotopic (exact) mass is 239 g/mol. The Hall–Kier alpha value is -0.380. The van der Waals surface area contributed by atoms with E-state index in [4.69, 9.17) is 0 Å². The van der Waals surface area contributed by atoms with E-state index >= 15 is 0 Å². The molecule has 1 aliphatic carbocycles. The second-order valence-electron chi connectivity index (χ2n) is 5.67. The molecule has 3 nitrogen and oxygen atoms in total. The van der Waals surface area contributed by atoms with Gasteiger partial charge in [-0.2, -0.15) is 0 Å². The van der Waals surface area contributed by atoms with Crippen molar-refractivity contribution in [1.29, 1.82) is 0 Å². The van der Waals surface area contributed by atoms with Crippen LogP contribution in [-0.4, -0.2) is 62.7 Å². The van der Waals surface area contributed by atoms with Gasteiger partial charge in [-0.15, -0.1) is 0 Å². The molecule has 1 rings (SSSR count). The average molecular weight is 239 g/mol. The number of rotatable bonds is 8. The Morgan fingerprint density at radius 1 is 1.29 bits per heavy atom. The van der Waals surface area contributed by atoms with Gasteiger partial charge >= 0.3 is 0 Å². The summed E-state index contributed by atoms with van der Waals surface area (Å²) >= 11 is 0. The Morgan fingerprint density at radius 3 is 2.35 bits per heavy atom. The fraction of sp³-hybridized carbons (Fsp3) is 0.857. The Morgan fingerprint density at radius 2 is 1.94 bits per heavy atom. The van der Waals surface area contributed by atoms with Crippen LogP contribution in [0.2, 0.25) is 0 Å². The van der Waals surface area contributed by atoms with Crippen LogP contribution in [0.1, 0.15) is 26.2 Å². The van der Waals surface area contributed by atoms with Crippen LogP contribution in [0.3, 0.4) is 0 Å². The molecule has 1 fully saturated rings. The van der Waals surface area contributed by atoms with Gasteiger partial charge in [0.05, 0.1) is 0 Å². The van der Waals surface area contributed by atoms with E-state index in [2.05, 4.69) is 49.8 Å². The molecule has 1 N–H and O–H groups in total. The molecule has 0 aliphatic heterocycles. The first-order valence-electron chi connectivity index (χ1n) is 6.73. The molecule has 0 radical (unpaired) electrons. The van der Waals surface area contributed by atoms with Gasteiger partial charge < -0.3 is 15.1 Å². The fourth-order valence-electron chi connectivity index (χ4n) is 2.63. The molecule has 0 atom stereocenters. The molecule has 0 aromatic heterocycles. The first kappa shape index (κ1) is 14.7. The van der Waals surface area contributed by atoms with Crippen LogP contribution in [0.15, 0.2) is 12.2 Å². The number of likely N-dealkylation sites (N-methyl/N-ethyl adjacent to an activating group) is 3. The topological polar surface area (TPSA) is 18.5 Å². The predicted molar refractivity (Wildman–Crippen MR) is 75.4 cm³/mol. The van der Waals surface area contributed by atoms with Crippen molar-refractivity contribution in [2.45, 2.75) is 31.7 Å². The minimum atomic E-state index is 0.424. The molecule has 0 saturated heterocycles. The van der Waals surface area contributed by atoms with Gasteiger partial charge in [0.25, 0.3) is 0 Å². The standard InChI is InChI=1S/C14H29N3/c1-6-15-10-13(2)11-17(5)12-14(16(3)4)8-7-9-14/h15H,2,6-12H2,1,3-5H3. The second-order valence-corrected chi connectivity index (χ2v) is 5.67. The van der Waals surface area contributed by atoms with E-state index in [1.807, 2.05) is 0 Å². The average Bonchev–Trinajstić information content (AvgIpc) is 2.19. The molecule has 100 valence electrons. The summed E-state index contributed by atoms with van der Waals surface area (Å²) in [6, 6.07) is 0. The van der Waals surface area contributed by atoms with Crippen molar-refractivity contribution < 1.29 is 0 Å². The van der Waals surface area contributed by atoms with Gasteiger partial charge in [0, 0.05) is 25.2 Å². The molecular weight excluding hydrogens is 210 g/mol. The molecule has 0 amide bonds. The van der Waals surface area contributed by atoms with Crippen LogP contribution in [0.25, 0.3) is 0 Å². The zero-order valence-corrected chi connectivity index (χ0v) is 12.1. The quantitative estimate of drug-likeness (QED) is 0.649. The molecule has 1 saturated carbocycles. The number of hydrogen-bond acceptors (Lipinski definition) is 3. The van der Waals surface area contributed by atoms with Gasteiger partial charge in [-0.05, 0) is 52.5 Å². The zero-order chi connectivity index (χ0) is 12.9. The van der Waals surface area contributed by atoms with Crippen molar-refractivity contribution in [3.63, 3.8) is 0 Å². The van der Waals surface area contributed by atoms with E-state index in [0.717, 1.165) is 26.2 Å². The summed E-state index contributed by atoms with van der Waals surface area (Å²) in [4.78, 5) is 4.82. The van der Waals surface area contributed by atoms with E-state index in [1.54, 1.807) is 0 Å². The maximum absolute atomic E-state index is 4.13. The highest BCUT2D eigenvalue weighted by Crippen LogP contribution is 2.36. The molecule has 0 aromatic rings. The Balaban J connectivity index is 2.33. The lowest BCUT2D eigenvalue weighted by atomic mass is 9.75. The minimum Gasteiger partial charge on any atom is -0.313 e. The fourth-order valence-corrected chi connectivity index (χ4v) is 2.63. The summed E-state index contributed by atoms with van der Waals surface area (Å²) in [7, 11) is 6.63. The number of hydrogen-bond donors (Lipinski definition) is 1. The van der Waals surface area contributed by atoms with Gasteiger partial charge in [-0.1, -0.05) is 13.5 Å². The third kappa shape index (κ3) is 4.09. The van der Waals surface area contributed by atoms with Crippen LogP contribution >= 0.6 is 0 Å². The Kier molecular flexibility index (Phi) is 5.63. The van der Waals surface area contributed by atoms with Crippen LogP contribution in [-0.2, 0) is 0 Å². The molecule has 0 unspecified atom stereocenters. The number of nitrogens with zero attached hydrogens (tertiary/aromatic N) is 2. The molecular formula is C14H29N3. The van der Waals surface area contributed by atoms with Crippen molar-refractivity contribution in [2.75, 3.05) is 47.3 Å². The van der Waals surface area contributed by atoms with Gasteiger partial charge in [0.1, 0.15) is 0 Å². The van der Waals surface area contributed by atoms with Crippen molar-refractivity contribution in [3.05, 3.63) is 12.2 Å². The summed E-state index contributed by atoms with van der Waals surface area (Å²) in [5.41, 5.74) is 1.70. The van der Waals surface area contributed by atoms with E-state index < -0.39 is 0 Å². The SMILES string of the molecule is C=C(CNCC)CN(C)CC1(N(C)C)CCC1. The maximum Gasteiger partial charge on any atom is 0.0330 e. The van der Waals surface area contributed by atoms with Crippen molar-refractivity contribution >= 4 is 0 Å². The normalized spacial score (nSPS) is 18.5. The highest BCUT2D eigenvalue weighted by molar-refractivity contribution is 5.03. The summed E-state index contributed by atoms with van der Waals surface area (Å²) in [5.74, 6) is 0. The third-order valence-corrected chi connectivity index (χ3v) is 3.92. The van der Waals surface area contributed by atoms with Gasteiger partial charge in [0.2, 0.25) is 0 Å². The van der Waals surface area contributed by atoms with Gasteiger partial charge in [0.15, 0.2) is 0 Å². The predicted octanol–water partition coefficient (Wildman–Crippen LogP) is 1.57. The van der Waals surface area contributed by atoms with Crippen LogP contribution < -0.4 is 5.32 Å². The Bertz CT molecular complexity index is 244.